The van der Waals surface area contributed by atoms with E-state index in [2.05, 4.69) is 0 Å². The van der Waals surface area contributed by atoms with Crippen LogP contribution < -0.4 is 10.7 Å². The first-order chi connectivity index (χ1) is 13.3. The number of hydrogen-bond donors (Lipinski definition) is 1. The molecule has 6 nitrogen and oxygen atoms in total. The maximum atomic E-state index is 12.6. The highest BCUT2D eigenvalue weighted by atomic mass is 35.5. The highest BCUT2D eigenvalue weighted by Crippen LogP contribution is 2.47. The summed E-state index contributed by atoms with van der Waals surface area (Å²) in [7, 11) is 1.79. The highest BCUT2D eigenvalue weighted by Gasteiger charge is 2.41. The lowest BCUT2D eigenvalue weighted by Gasteiger charge is -2.30. The second kappa shape index (κ2) is 8.39. The number of hydrazine groups is 1. The van der Waals surface area contributed by atoms with Crippen molar-refractivity contribution in [2.45, 2.75) is 19.4 Å². The number of rotatable bonds is 6. The van der Waals surface area contributed by atoms with Gasteiger partial charge in [-0.05, 0) is 19.1 Å². The lowest BCUT2D eigenvalue weighted by Crippen LogP contribution is -2.41. The first kappa shape index (κ1) is 20.5. The zero-order chi connectivity index (χ0) is 20.4. The summed E-state index contributed by atoms with van der Waals surface area (Å²) in [5, 5.41) is 4.69. The highest BCUT2D eigenvalue weighted by molar-refractivity contribution is 6.36. The smallest absolute Gasteiger partial charge is 0.329 e. The number of amides is 1. The number of ether oxygens (including phenoxy) is 1. The number of benzene rings is 2. The lowest BCUT2D eigenvalue weighted by molar-refractivity contribution is -0.149. The van der Waals surface area contributed by atoms with Gasteiger partial charge in [0, 0.05) is 46.7 Å². The molecule has 0 radical (unpaired) electrons. The summed E-state index contributed by atoms with van der Waals surface area (Å²) in [6, 6.07) is 10.3. The Morgan fingerprint density at radius 1 is 1.18 bits per heavy atom. The normalized spacial score (nSPS) is 16.1. The predicted octanol–water partition coefficient (Wildman–Crippen LogP) is 3.81. The minimum absolute atomic E-state index is 0.141. The van der Waals surface area contributed by atoms with Crippen LogP contribution in [-0.2, 0) is 14.3 Å². The number of likely N-dealkylation sites (N-methyl/N-ethyl adjacent to an activating group) is 1. The van der Waals surface area contributed by atoms with Gasteiger partial charge in [-0.2, -0.15) is 0 Å². The maximum Gasteiger partial charge on any atom is 0.329 e. The lowest BCUT2D eigenvalue weighted by atomic mass is 9.97. The van der Waals surface area contributed by atoms with Gasteiger partial charge in [-0.1, -0.05) is 47.5 Å². The molecule has 1 atom stereocenters. The van der Waals surface area contributed by atoms with Crippen molar-refractivity contribution in [3.8, 4) is 11.1 Å². The van der Waals surface area contributed by atoms with E-state index >= 15 is 0 Å². The molecule has 0 saturated carbocycles. The molecule has 0 spiro atoms. The van der Waals surface area contributed by atoms with E-state index in [4.69, 9.17) is 33.7 Å². The Kier molecular flexibility index (Phi) is 6.13. The van der Waals surface area contributed by atoms with Gasteiger partial charge >= 0.3 is 5.97 Å². The van der Waals surface area contributed by atoms with Crippen LogP contribution in [0.2, 0.25) is 10.0 Å². The van der Waals surface area contributed by atoms with Crippen molar-refractivity contribution in [1.29, 1.82) is 0 Å². The van der Waals surface area contributed by atoms with E-state index < -0.39 is 11.9 Å². The van der Waals surface area contributed by atoms with Crippen LogP contribution in [-0.4, -0.2) is 37.1 Å². The standard InChI is InChI=1S/C20H21Cl2N3O3/c1-3-28-20(27)19-15-6-4-5-14(13-8-7-12(21)11-16(13)22)18(15)25(24(19)2)10-9-17(23)26/h4-8,11,19H,3,9-10H2,1-2H3,(H2,23,26). The van der Waals surface area contributed by atoms with Crippen LogP contribution in [0.1, 0.15) is 24.9 Å². The summed E-state index contributed by atoms with van der Waals surface area (Å²) >= 11 is 12.5. The number of carbonyl (C=O) groups is 2. The zero-order valence-electron chi connectivity index (χ0n) is 15.6. The molecule has 2 N–H and O–H groups in total. The van der Waals surface area contributed by atoms with Crippen molar-refractivity contribution in [2.75, 3.05) is 25.2 Å². The molecule has 0 aliphatic carbocycles. The molecular formula is C20H21Cl2N3O3. The van der Waals surface area contributed by atoms with Crippen LogP contribution in [0.15, 0.2) is 36.4 Å². The van der Waals surface area contributed by atoms with Crippen LogP contribution in [0.5, 0.6) is 0 Å². The van der Waals surface area contributed by atoms with E-state index in [1.807, 2.05) is 29.3 Å². The average molecular weight is 422 g/mol. The average Bonchev–Trinajstić information content (AvgIpc) is 2.92. The Balaban J connectivity index is 2.16. The third-order valence-corrected chi connectivity index (χ3v) is 5.22. The number of nitrogens with two attached hydrogens (primary N) is 1. The molecule has 1 unspecified atom stereocenters. The number of nitrogens with zero attached hydrogens (tertiary/aromatic N) is 2. The monoisotopic (exact) mass is 421 g/mol. The van der Waals surface area contributed by atoms with E-state index in [-0.39, 0.29) is 19.0 Å². The molecule has 1 amide bonds. The van der Waals surface area contributed by atoms with Gasteiger partial charge in [-0.15, -0.1) is 0 Å². The van der Waals surface area contributed by atoms with Gasteiger partial charge in [0.25, 0.3) is 0 Å². The summed E-state index contributed by atoms with van der Waals surface area (Å²) in [4.78, 5) is 24.0. The number of hydrogen-bond acceptors (Lipinski definition) is 5. The Morgan fingerprint density at radius 3 is 2.57 bits per heavy atom. The van der Waals surface area contributed by atoms with Crippen molar-refractivity contribution in [1.82, 2.24) is 5.01 Å². The second-order valence-electron chi connectivity index (χ2n) is 6.44. The van der Waals surface area contributed by atoms with Crippen molar-refractivity contribution in [3.63, 3.8) is 0 Å². The van der Waals surface area contributed by atoms with Crippen LogP contribution in [0.25, 0.3) is 11.1 Å². The quantitative estimate of drug-likeness (QED) is 0.717. The molecule has 1 aliphatic heterocycles. The van der Waals surface area contributed by atoms with Crippen molar-refractivity contribution >= 4 is 40.8 Å². The number of anilines is 1. The van der Waals surface area contributed by atoms with Gasteiger partial charge in [0.15, 0.2) is 6.04 Å². The third kappa shape index (κ3) is 3.81. The fourth-order valence-electron chi connectivity index (χ4n) is 3.48. The zero-order valence-corrected chi connectivity index (χ0v) is 17.1. The van der Waals surface area contributed by atoms with Gasteiger partial charge in [-0.25, -0.2) is 9.80 Å². The Morgan fingerprint density at radius 2 is 1.93 bits per heavy atom. The molecule has 0 saturated heterocycles. The minimum Gasteiger partial charge on any atom is -0.465 e. The van der Waals surface area contributed by atoms with Crippen LogP contribution in [0.3, 0.4) is 0 Å². The van der Waals surface area contributed by atoms with Crippen molar-refractivity contribution in [2.24, 2.45) is 5.73 Å². The van der Waals surface area contributed by atoms with Gasteiger partial charge < -0.3 is 15.5 Å². The van der Waals surface area contributed by atoms with Crippen molar-refractivity contribution in [3.05, 3.63) is 52.0 Å². The third-order valence-electron chi connectivity index (χ3n) is 4.68. The number of carbonyl (C=O) groups excluding carboxylic acids is 2. The fraction of sp³-hybridized carbons (Fsp3) is 0.300. The van der Waals surface area contributed by atoms with Crippen molar-refractivity contribution < 1.29 is 14.3 Å². The summed E-state index contributed by atoms with van der Waals surface area (Å²) < 4.78 is 5.27. The van der Waals surface area contributed by atoms with Gasteiger partial charge in [0.05, 0.1) is 12.3 Å². The molecule has 3 rings (SSSR count). The molecule has 0 aromatic heterocycles. The largest absolute Gasteiger partial charge is 0.465 e. The molecule has 2 aromatic carbocycles. The molecule has 0 fully saturated rings. The first-order valence-corrected chi connectivity index (χ1v) is 9.64. The predicted molar refractivity (Wildman–Crippen MR) is 110 cm³/mol. The van der Waals surface area contributed by atoms with Crippen LogP contribution in [0, 0.1) is 0 Å². The molecular weight excluding hydrogens is 401 g/mol. The van der Waals surface area contributed by atoms with Crippen LogP contribution >= 0.6 is 23.2 Å². The number of primary amides is 1. The molecule has 1 heterocycles. The molecule has 8 heteroatoms. The van der Waals surface area contributed by atoms with E-state index in [1.54, 1.807) is 31.1 Å². The summed E-state index contributed by atoms with van der Waals surface area (Å²) in [5.41, 5.74) is 8.56. The summed E-state index contributed by atoms with van der Waals surface area (Å²) in [6.07, 6.45) is 0.141. The molecule has 148 valence electrons. The number of halogens is 2. The first-order valence-electron chi connectivity index (χ1n) is 8.88. The maximum absolute atomic E-state index is 12.6. The Bertz CT molecular complexity index is 920. The fourth-order valence-corrected chi connectivity index (χ4v) is 3.99. The van der Waals surface area contributed by atoms with Crippen LogP contribution in [0.4, 0.5) is 5.69 Å². The van der Waals surface area contributed by atoms with Gasteiger partial charge in [-0.3, -0.25) is 4.79 Å². The number of fused-ring (bicyclic) bond motifs is 1. The summed E-state index contributed by atoms with van der Waals surface area (Å²) in [5.74, 6) is -0.774. The minimum atomic E-state index is -0.617. The molecule has 1 aliphatic rings. The van der Waals surface area contributed by atoms with Gasteiger partial charge in [0.2, 0.25) is 5.91 Å². The SMILES string of the molecule is CCOC(=O)C1c2cccc(-c3ccc(Cl)cc3Cl)c2N(CCC(N)=O)N1C. The number of esters is 1. The van der Waals surface area contributed by atoms with E-state index in [0.717, 1.165) is 22.4 Å². The van der Waals surface area contributed by atoms with E-state index in [1.165, 1.54) is 0 Å². The Hall–Kier alpha value is -2.28. The van der Waals surface area contributed by atoms with E-state index in [9.17, 15) is 9.59 Å². The van der Waals surface area contributed by atoms with E-state index in [0.29, 0.717) is 16.6 Å². The number of para-hydroxylation sites is 1. The second-order valence-corrected chi connectivity index (χ2v) is 7.28. The molecule has 28 heavy (non-hydrogen) atoms. The summed E-state index contributed by atoms with van der Waals surface area (Å²) in [6.45, 7) is 2.38. The topological polar surface area (TPSA) is 75.9 Å². The van der Waals surface area contributed by atoms with Gasteiger partial charge in [0.1, 0.15) is 0 Å². The Labute approximate surface area is 173 Å². The molecule has 0 bridgehead atoms. The molecule has 2 aromatic rings.